The quantitative estimate of drug-likeness (QED) is 0.880. The van der Waals surface area contributed by atoms with Crippen LogP contribution in [0.4, 0.5) is 0 Å². The molecule has 21 heavy (non-hydrogen) atoms. The van der Waals surface area contributed by atoms with Gasteiger partial charge in [-0.25, -0.2) is 13.4 Å². The predicted molar refractivity (Wildman–Crippen MR) is 78.2 cm³/mol. The summed E-state index contributed by atoms with van der Waals surface area (Å²) in [5.74, 6) is 0.739. The number of imidazole rings is 1. The average Bonchev–Trinajstić information content (AvgIpc) is 2.95. The van der Waals surface area contributed by atoms with Crippen LogP contribution in [-0.2, 0) is 16.4 Å². The second kappa shape index (κ2) is 5.37. The molecule has 0 spiro atoms. The number of hydrogen-bond donors (Lipinski definition) is 2. The molecule has 2 unspecified atom stereocenters. The van der Waals surface area contributed by atoms with Gasteiger partial charge in [-0.05, 0) is 19.3 Å². The molecule has 0 amide bonds. The van der Waals surface area contributed by atoms with E-state index < -0.39 is 15.6 Å². The van der Waals surface area contributed by atoms with Gasteiger partial charge in [0.15, 0.2) is 5.03 Å². The van der Waals surface area contributed by atoms with Gasteiger partial charge < -0.3 is 10.1 Å². The van der Waals surface area contributed by atoms with Crippen LogP contribution in [0, 0.1) is 5.92 Å². The first-order valence-electron chi connectivity index (χ1n) is 7.72. The molecule has 1 saturated heterocycles. The summed E-state index contributed by atoms with van der Waals surface area (Å²) in [7, 11) is -3.52. The van der Waals surface area contributed by atoms with Crippen molar-refractivity contribution >= 4 is 10.0 Å². The maximum absolute atomic E-state index is 12.7. The Hall–Kier alpha value is -0.920. The van der Waals surface area contributed by atoms with Crippen molar-refractivity contribution in [3.8, 4) is 0 Å². The molecule has 6 nitrogen and oxygen atoms in total. The number of aromatic amines is 1. The lowest BCUT2D eigenvalue weighted by Gasteiger charge is -2.46. The summed E-state index contributed by atoms with van der Waals surface area (Å²) in [5, 5.41) is 10.8. The van der Waals surface area contributed by atoms with E-state index in [1.54, 1.807) is 0 Å². The molecule has 1 saturated carbocycles. The summed E-state index contributed by atoms with van der Waals surface area (Å²) >= 11 is 0. The molecule has 2 N–H and O–H groups in total. The van der Waals surface area contributed by atoms with Crippen molar-refractivity contribution in [2.24, 2.45) is 5.92 Å². The van der Waals surface area contributed by atoms with E-state index in [9.17, 15) is 13.5 Å². The van der Waals surface area contributed by atoms with Crippen LogP contribution in [0.2, 0.25) is 0 Å². The van der Waals surface area contributed by atoms with Crippen LogP contribution in [0.15, 0.2) is 11.2 Å². The lowest BCUT2D eigenvalue weighted by Crippen LogP contribution is -2.54. The molecular weight excluding hydrogens is 290 g/mol. The van der Waals surface area contributed by atoms with Crippen molar-refractivity contribution in [2.75, 3.05) is 13.1 Å². The first kappa shape index (κ1) is 15.0. The zero-order chi connectivity index (χ0) is 15.1. The van der Waals surface area contributed by atoms with Crippen LogP contribution in [0.25, 0.3) is 0 Å². The fraction of sp³-hybridized carbons (Fsp3) is 0.786. The number of aryl methyl sites for hydroxylation is 1. The van der Waals surface area contributed by atoms with E-state index in [1.807, 2.05) is 6.92 Å². The highest BCUT2D eigenvalue weighted by Gasteiger charge is 2.45. The summed E-state index contributed by atoms with van der Waals surface area (Å²) in [4.78, 5) is 6.96. The Morgan fingerprint density at radius 1 is 1.48 bits per heavy atom. The van der Waals surface area contributed by atoms with E-state index in [-0.39, 0.29) is 10.9 Å². The molecule has 0 radical (unpaired) electrons. The number of aromatic nitrogens is 2. The Bertz CT molecular complexity index is 613. The first-order valence-corrected chi connectivity index (χ1v) is 9.16. The zero-order valence-corrected chi connectivity index (χ0v) is 13.2. The van der Waals surface area contributed by atoms with Gasteiger partial charge >= 0.3 is 0 Å². The lowest BCUT2D eigenvalue weighted by molar-refractivity contribution is -0.0816. The third-order valence-corrected chi connectivity index (χ3v) is 6.72. The number of nitrogens with one attached hydrogen (secondary N) is 1. The number of aliphatic hydroxyl groups is 1. The summed E-state index contributed by atoms with van der Waals surface area (Å²) in [5.41, 5.74) is -0.660. The van der Waals surface area contributed by atoms with Gasteiger partial charge in [0.05, 0.1) is 11.8 Å². The highest BCUT2D eigenvalue weighted by atomic mass is 32.2. The van der Waals surface area contributed by atoms with E-state index in [0.717, 1.165) is 25.7 Å². The van der Waals surface area contributed by atoms with Crippen molar-refractivity contribution in [1.29, 1.82) is 0 Å². The van der Waals surface area contributed by atoms with Crippen LogP contribution in [0.1, 0.15) is 44.9 Å². The minimum Gasteiger partial charge on any atom is -0.390 e. The standard InChI is InChI=1S/C14H23N3O3S/c1-2-12-15-9-13(16-12)21(19,20)17-8-7-14(18)6-4-3-5-11(14)10-17/h9,11,18H,2-8,10H2,1H3,(H,15,16). The maximum Gasteiger partial charge on any atom is 0.260 e. The molecule has 2 heterocycles. The second-order valence-corrected chi connectivity index (χ2v) is 8.11. The minimum absolute atomic E-state index is 0.0586. The van der Waals surface area contributed by atoms with Crippen LogP contribution < -0.4 is 0 Å². The van der Waals surface area contributed by atoms with E-state index >= 15 is 0 Å². The fourth-order valence-corrected chi connectivity index (χ4v) is 4.97. The van der Waals surface area contributed by atoms with Crippen LogP contribution >= 0.6 is 0 Å². The van der Waals surface area contributed by atoms with Crippen molar-refractivity contribution in [1.82, 2.24) is 14.3 Å². The van der Waals surface area contributed by atoms with Gasteiger partial charge in [-0.1, -0.05) is 19.8 Å². The van der Waals surface area contributed by atoms with Crippen LogP contribution in [0.3, 0.4) is 0 Å². The van der Waals surface area contributed by atoms with Gasteiger partial charge in [-0.15, -0.1) is 0 Å². The Morgan fingerprint density at radius 2 is 2.29 bits per heavy atom. The maximum atomic E-state index is 12.7. The molecule has 1 aliphatic heterocycles. The largest absolute Gasteiger partial charge is 0.390 e. The Kier molecular flexibility index (Phi) is 3.83. The van der Waals surface area contributed by atoms with Crippen LogP contribution in [0.5, 0.6) is 0 Å². The van der Waals surface area contributed by atoms with Crippen molar-refractivity contribution in [3.05, 3.63) is 12.0 Å². The highest BCUT2D eigenvalue weighted by molar-refractivity contribution is 7.89. The van der Waals surface area contributed by atoms with Gasteiger partial charge in [0, 0.05) is 25.4 Å². The average molecular weight is 313 g/mol. The van der Waals surface area contributed by atoms with Gasteiger partial charge in [-0.2, -0.15) is 4.31 Å². The van der Waals surface area contributed by atoms with Gasteiger partial charge in [0.1, 0.15) is 5.82 Å². The van der Waals surface area contributed by atoms with E-state index in [0.29, 0.717) is 31.8 Å². The predicted octanol–water partition coefficient (Wildman–Crippen LogP) is 1.29. The molecule has 3 rings (SSSR count). The third-order valence-electron chi connectivity index (χ3n) is 4.95. The number of hydrogen-bond acceptors (Lipinski definition) is 4. The highest BCUT2D eigenvalue weighted by Crippen LogP contribution is 2.40. The normalized spacial score (nSPS) is 31.0. The summed E-state index contributed by atoms with van der Waals surface area (Å²) in [6.07, 6.45) is 6.44. The number of sulfonamides is 1. The molecule has 2 aliphatic rings. The molecule has 1 aromatic rings. The molecule has 7 heteroatoms. The number of H-pyrrole nitrogens is 1. The molecule has 0 bridgehead atoms. The second-order valence-electron chi connectivity index (χ2n) is 6.21. The van der Waals surface area contributed by atoms with E-state index in [4.69, 9.17) is 0 Å². The summed E-state index contributed by atoms with van der Waals surface area (Å²) < 4.78 is 26.8. The van der Waals surface area contributed by atoms with Crippen LogP contribution in [-0.4, -0.2) is 46.5 Å². The number of rotatable bonds is 3. The lowest BCUT2D eigenvalue weighted by atomic mass is 9.72. The topological polar surface area (TPSA) is 86.3 Å². The third kappa shape index (κ3) is 2.62. The number of piperidine rings is 1. The number of nitrogens with zero attached hydrogens (tertiary/aromatic N) is 2. The molecule has 2 fully saturated rings. The Labute approximate surface area is 125 Å². The molecule has 0 aromatic carbocycles. The summed E-state index contributed by atoms with van der Waals surface area (Å²) in [6.45, 7) is 2.73. The zero-order valence-electron chi connectivity index (χ0n) is 12.4. The first-order chi connectivity index (χ1) is 9.95. The molecule has 1 aromatic heterocycles. The minimum atomic E-state index is -3.52. The molecule has 2 atom stereocenters. The number of fused-ring (bicyclic) bond motifs is 1. The molecular formula is C14H23N3O3S. The fourth-order valence-electron chi connectivity index (χ4n) is 3.55. The van der Waals surface area contributed by atoms with E-state index in [1.165, 1.54) is 10.5 Å². The Morgan fingerprint density at radius 3 is 3.00 bits per heavy atom. The van der Waals surface area contributed by atoms with E-state index in [2.05, 4.69) is 9.97 Å². The van der Waals surface area contributed by atoms with Crippen molar-refractivity contribution in [3.63, 3.8) is 0 Å². The van der Waals surface area contributed by atoms with Crippen molar-refractivity contribution in [2.45, 2.75) is 56.1 Å². The smallest absolute Gasteiger partial charge is 0.260 e. The van der Waals surface area contributed by atoms with Gasteiger partial charge in [0.2, 0.25) is 0 Å². The Balaban J connectivity index is 1.81. The van der Waals surface area contributed by atoms with Gasteiger partial charge in [-0.3, -0.25) is 0 Å². The monoisotopic (exact) mass is 313 g/mol. The molecule has 1 aliphatic carbocycles. The summed E-state index contributed by atoms with van der Waals surface area (Å²) in [6, 6.07) is 0. The molecule has 118 valence electrons. The SMILES string of the molecule is CCc1ncc(S(=O)(=O)N2CCC3(O)CCCCC3C2)[nH]1. The van der Waals surface area contributed by atoms with Gasteiger partial charge in [0.25, 0.3) is 10.0 Å². The van der Waals surface area contributed by atoms with Crippen molar-refractivity contribution < 1.29 is 13.5 Å².